The van der Waals surface area contributed by atoms with Gasteiger partial charge >= 0.3 is 6.09 Å². The lowest BCUT2D eigenvalue weighted by atomic mass is 10.2. The molecule has 0 aromatic heterocycles. The minimum absolute atomic E-state index is 0.275. The molecular weight excluding hydrogens is 374 g/mol. The number of ether oxygens (including phenoxy) is 1. The lowest BCUT2D eigenvalue weighted by molar-refractivity contribution is 0.0368. The molecule has 3 nitrogen and oxygen atoms in total. The second-order valence-corrected chi connectivity index (χ2v) is 12.2. The van der Waals surface area contributed by atoms with Crippen LogP contribution < -0.4 is 10.4 Å². The molecule has 0 heterocycles. The molecule has 150 valence electrons. The summed E-state index contributed by atoms with van der Waals surface area (Å²) in [5, 5.41) is 2.35. The minimum Gasteiger partial charge on any atom is -0.444 e. The summed E-state index contributed by atoms with van der Waals surface area (Å²) >= 11 is 0. The summed E-state index contributed by atoms with van der Waals surface area (Å²) in [6.07, 6.45) is -0.275. The number of carbonyl (C=O) groups is 1. The van der Waals surface area contributed by atoms with Crippen molar-refractivity contribution in [1.82, 2.24) is 4.57 Å². The molecule has 0 aliphatic rings. The molecule has 0 saturated heterocycles. The molecule has 0 aliphatic carbocycles. The van der Waals surface area contributed by atoms with Crippen molar-refractivity contribution < 1.29 is 9.53 Å². The lowest BCUT2D eigenvalue weighted by Crippen LogP contribution is -2.69. The van der Waals surface area contributed by atoms with Crippen LogP contribution in [0.25, 0.3) is 0 Å². The normalized spacial score (nSPS) is 11.7. The summed E-state index contributed by atoms with van der Waals surface area (Å²) in [4.78, 5) is 13.5. The van der Waals surface area contributed by atoms with Gasteiger partial charge in [-0.2, -0.15) is 0 Å². The maximum absolute atomic E-state index is 13.5. The Morgan fingerprint density at radius 2 is 1.21 bits per heavy atom. The van der Waals surface area contributed by atoms with Crippen molar-refractivity contribution in [3.05, 3.63) is 96.6 Å². The van der Waals surface area contributed by atoms with Gasteiger partial charge in [-0.25, -0.2) is 4.79 Å². The van der Waals surface area contributed by atoms with Gasteiger partial charge in [-0.15, -0.1) is 0 Å². The monoisotopic (exact) mass is 403 g/mol. The Morgan fingerprint density at radius 1 is 0.793 bits per heavy atom. The predicted molar refractivity (Wildman–Crippen MR) is 122 cm³/mol. The maximum Gasteiger partial charge on any atom is 0.402 e. The fourth-order valence-electron chi connectivity index (χ4n) is 3.49. The summed E-state index contributed by atoms with van der Waals surface area (Å²) in [5.74, 6) is 0. The van der Waals surface area contributed by atoms with Gasteiger partial charge in [0.1, 0.15) is 5.60 Å². The van der Waals surface area contributed by atoms with E-state index in [0.717, 1.165) is 5.56 Å². The first-order chi connectivity index (χ1) is 13.8. The summed E-state index contributed by atoms with van der Waals surface area (Å²) in [7, 11) is -2.62. The van der Waals surface area contributed by atoms with Gasteiger partial charge in [0.05, 0.1) is 0 Å². The molecule has 29 heavy (non-hydrogen) atoms. The standard InChI is InChI=1S/C25H29NO2Si/c1-25(2,3)28-24(27)26(20-21-14-8-5-9-15-21)29(4,22-16-10-6-11-17-22)23-18-12-7-13-19-23/h5-19H,20H2,1-4H3. The molecule has 0 unspecified atom stereocenters. The van der Waals surface area contributed by atoms with Crippen LogP contribution in [0.3, 0.4) is 0 Å². The third-order valence-corrected chi connectivity index (χ3v) is 9.34. The van der Waals surface area contributed by atoms with E-state index in [2.05, 4.69) is 42.9 Å². The van der Waals surface area contributed by atoms with Gasteiger partial charge in [-0.1, -0.05) is 91.0 Å². The van der Waals surface area contributed by atoms with Crippen molar-refractivity contribution in [2.45, 2.75) is 39.5 Å². The Balaban J connectivity index is 2.15. The number of nitrogens with zero attached hydrogens (tertiary/aromatic N) is 1. The van der Waals surface area contributed by atoms with E-state index >= 15 is 0 Å². The second-order valence-electron chi connectivity index (χ2n) is 8.36. The molecule has 0 atom stereocenters. The zero-order valence-corrected chi connectivity index (χ0v) is 18.6. The van der Waals surface area contributed by atoms with Crippen LogP contribution in [-0.2, 0) is 11.3 Å². The SMILES string of the molecule is CC(C)(C)OC(=O)N(Cc1ccccc1)[Si](C)(c1ccccc1)c1ccccc1. The van der Waals surface area contributed by atoms with E-state index in [9.17, 15) is 4.79 Å². The summed E-state index contributed by atoms with van der Waals surface area (Å²) in [5.41, 5.74) is 0.526. The van der Waals surface area contributed by atoms with Crippen LogP contribution >= 0.6 is 0 Å². The van der Waals surface area contributed by atoms with Gasteiger partial charge in [-0.3, -0.25) is 0 Å². The fourth-order valence-corrected chi connectivity index (χ4v) is 7.04. The predicted octanol–water partition coefficient (Wildman–Crippen LogP) is 4.81. The van der Waals surface area contributed by atoms with Crippen molar-refractivity contribution in [2.24, 2.45) is 0 Å². The van der Waals surface area contributed by atoms with Crippen molar-refractivity contribution in [1.29, 1.82) is 0 Å². The highest BCUT2D eigenvalue weighted by molar-refractivity contribution is 7.00. The number of hydrogen-bond acceptors (Lipinski definition) is 2. The number of rotatable bonds is 5. The zero-order valence-electron chi connectivity index (χ0n) is 17.6. The highest BCUT2D eigenvalue weighted by Gasteiger charge is 2.43. The van der Waals surface area contributed by atoms with Gasteiger partial charge in [0.25, 0.3) is 0 Å². The topological polar surface area (TPSA) is 29.5 Å². The van der Waals surface area contributed by atoms with E-state index in [-0.39, 0.29) is 6.09 Å². The maximum atomic E-state index is 13.5. The van der Waals surface area contributed by atoms with Crippen LogP contribution in [0.1, 0.15) is 26.3 Å². The third kappa shape index (κ3) is 4.95. The van der Waals surface area contributed by atoms with E-state index in [1.807, 2.05) is 79.9 Å². The van der Waals surface area contributed by atoms with Gasteiger partial charge in [0.15, 0.2) is 0 Å². The van der Waals surface area contributed by atoms with E-state index < -0.39 is 13.8 Å². The van der Waals surface area contributed by atoms with Crippen LogP contribution in [0, 0.1) is 0 Å². The minimum atomic E-state index is -2.62. The van der Waals surface area contributed by atoms with Gasteiger partial charge in [0.2, 0.25) is 8.24 Å². The van der Waals surface area contributed by atoms with Crippen molar-refractivity contribution in [2.75, 3.05) is 0 Å². The van der Waals surface area contributed by atoms with E-state index in [4.69, 9.17) is 4.74 Å². The van der Waals surface area contributed by atoms with Gasteiger partial charge in [-0.05, 0) is 43.3 Å². The molecule has 0 radical (unpaired) electrons. The molecule has 3 aromatic rings. The Hall–Kier alpha value is -2.85. The summed E-state index contributed by atoms with van der Waals surface area (Å²) in [6.45, 7) is 8.47. The highest BCUT2D eigenvalue weighted by Crippen LogP contribution is 2.20. The zero-order chi connectivity index (χ0) is 20.9. The highest BCUT2D eigenvalue weighted by atomic mass is 28.3. The molecule has 0 bridgehead atoms. The van der Waals surface area contributed by atoms with Gasteiger partial charge in [0, 0.05) is 6.54 Å². The summed E-state index contributed by atoms with van der Waals surface area (Å²) < 4.78 is 7.85. The van der Waals surface area contributed by atoms with Gasteiger partial charge < -0.3 is 9.30 Å². The number of amides is 1. The average molecular weight is 404 g/mol. The van der Waals surface area contributed by atoms with Crippen LogP contribution in [0.2, 0.25) is 6.55 Å². The second kappa shape index (κ2) is 8.66. The molecule has 0 saturated carbocycles. The van der Waals surface area contributed by atoms with Crippen LogP contribution in [0.15, 0.2) is 91.0 Å². The first-order valence-electron chi connectivity index (χ1n) is 9.96. The number of hydrogen-bond donors (Lipinski definition) is 0. The smallest absolute Gasteiger partial charge is 0.402 e. The van der Waals surface area contributed by atoms with Crippen LogP contribution in [-0.4, -0.2) is 24.5 Å². The molecule has 1 amide bonds. The first kappa shape index (κ1) is 20.9. The van der Waals surface area contributed by atoms with Crippen molar-refractivity contribution in [3.8, 4) is 0 Å². The first-order valence-corrected chi connectivity index (χ1v) is 12.4. The Morgan fingerprint density at radius 3 is 1.62 bits per heavy atom. The fraction of sp³-hybridized carbons (Fsp3) is 0.240. The number of carbonyl (C=O) groups excluding carboxylic acids is 1. The Kier molecular flexibility index (Phi) is 6.23. The quantitative estimate of drug-likeness (QED) is 0.572. The molecule has 0 fully saturated rings. The molecular formula is C25H29NO2Si. The van der Waals surface area contributed by atoms with E-state index in [1.165, 1.54) is 10.4 Å². The summed E-state index contributed by atoms with van der Waals surface area (Å²) in [6, 6.07) is 30.8. The lowest BCUT2D eigenvalue weighted by Gasteiger charge is -2.41. The van der Waals surface area contributed by atoms with E-state index in [0.29, 0.717) is 6.54 Å². The largest absolute Gasteiger partial charge is 0.444 e. The molecule has 0 N–H and O–H groups in total. The van der Waals surface area contributed by atoms with E-state index in [1.54, 1.807) is 0 Å². The van der Waals surface area contributed by atoms with Crippen LogP contribution in [0.5, 0.6) is 0 Å². The molecule has 0 spiro atoms. The number of benzene rings is 3. The Labute approximate surface area is 175 Å². The van der Waals surface area contributed by atoms with Crippen molar-refractivity contribution >= 4 is 24.7 Å². The molecule has 0 aliphatic heterocycles. The molecule has 3 aromatic carbocycles. The van der Waals surface area contributed by atoms with Crippen LogP contribution in [0.4, 0.5) is 4.79 Å². The van der Waals surface area contributed by atoms with Crippen molar-refractivity contribution in [3.63, 3.8) is 0 Å². The molecule has 3 rings (SSSR count). The average Bonchev–Trinajstić information content (AvgIpc) is 2.72. The molecule has 4 heteroatoms. The third-order valence-electron chi connectivity index (χ3n) is 5.01. The Bertz CT molecular complexity index is 882.